The van der Waals surface area contributed by atoms with Crippen LogP contribution >= 0.6 is 23.1 Å². The highest BCUT2D eigenvalue weighted by Gasteiger charge is 2.42. The molecule has 1 fully saturated rings. The van der Waals surface area contributed by atoms with E-state index in [1.54, 1.807) is 4.90 Å². The maximum Gasteiger partial charge on any atom is 0.305 e. The molecule has 1 saturated heterocycles. The van der Waals surface area contributed by atoms with E-state index in [4.69, 9.17) is 10.8 Å². The van der Waals surface area contributed by atoms with Gasteiger partial charge in [0.25, 0.3) is 0 Å². The number of nitrogens with zero attached hydrogens (tertiary/aromatic N) is 1. The van der Waals surface area contributed by atoms with Gasteiger partial charge in [-0.15, -0.1) is 23.1 Å². The highest BCUT2D eigenvalue weighted by molar-refractivity contribution is 8.01. The smallest absolute Gasteiger partial charge is 0.305 e. The van der Waals surface area contributed by atoms with Crippen LogP contribution in [0.3, 0.4) is 0 Å². The highest BCUT2D eigenvalue weighted by atomic mass is 32.2. The molecule has 3 N–H and O–H groups in total. The Morgan fingerprint density at radius 3 is 2.57 bits per heavy atom. The molecule has 2 heterocycles. The maximum absolute atomic E-state index is 12.6. The summed E-state index contributed by atoms with van der Waals surface area (Å²) in [4.78, 5) is 38.1. The van der Waals surface area contributed by atoms with Crippen LogP contribution in [-0.4, -0.2) is 39.6 Å². The molecule has 28 heavy (non-hydrogen) atoms. The number of nitrogens with two attached hydrogens (primary N) is 1. The molecule has 6 nitrogen and oxygen atoms in total. The van der Waals surface area contributed by atoms with Crippen molar-refractivity contribution in [2.24, 2.45) is 5.73 Å². The molecule has 2 unspecified atom stereocenters. The number of hydrogen-bond donors (Lipinski definition) is 2. The molecule has 0 aliphatic carbocycles. The van der Waals surface area contributed by atoms with E-state index in [1.165, 1.54) is 23.1 Å². The van der Waals surface area contributed by atoms with Gasteiger partial charge in [-0.1, -0.05) is 30.0 Å². The number of primary amides is 1. The van der Waals surface area contributed by atoms with E-state index in [0.717, 1.165) is 15.3 Å². The van der Waals surface area contributed by atoms with Crippen molar-refractivity contribution < 1.29 is 19.5 Å². The third-order valence-corrected chi connectivity index (χ3v) is 6.73. The summed E-state index contributed by atoms with van der Waals surface area (Å²) < 4.78 is 0. The van der Waals surface area contributed by atoms with Crippen molar-refractivity contribution in [3.8, 4) is 11.8 Å². The van der Waals surface area contributed by atoms with Gasteiger partial charge < -0.3 is 15.7 Å². The minimum atomic E-state index is -1.03. The predicted octanol–water partition coefficient (Wildman–Crippen LogP) is 2.44. The summed E-state index contributed by atoms with van der Waals surface area (Å²) in [6.45, 7) is 0.172. The zero-order valence-corrected chi connectivity index (χ0v) is 16.5. The molecule has 0 radical (unpaired) electrons. The number of carboxylic acid groups (broad SMARTS) is 1. The average molecular weight is 415 g/mol. The molecular formula is C20H18N2O4S2. The number of amides is 2. The van der Waals surface area contributed by atoms with Gasteiger partial charge >= 0.3 is 5.97 Å². The van der Waals surface area contributed by atoms with Crippen LogP contribution < -0.4 is 5.73 Å². The monoisotopic (exact) mass is 414 g/mol. The number of hydrogen-bond acceptors (Lipinski definition) is 5. The molecule has 0 bridgehead atoms. The fraction of sp³-hybridized carbons (Fsp3) is 0.250. The quantitative estimate of drug-likeness (QED) is 0.707. The van der Waals surface area contributed by atoms with Crippen LogP contribution in [0.25, 0.3) is 0 Å². The second kappa shape index (κ2) is 8.95. The van der Waals surface area contributed by atoms with Crippen LogP contribution in [0.5, 0.6) is 0 Å². The van der Waals surface area contributed by atoms with E-state index in [9.17, 15) is 14.4 Å². The lowest BCUT2D eigenvalue weighted by Gasteiger charge is -2.22. The SMILES string of the molecule is NC(=O)CCN1C(=O)C(CC(=O)O)SC1c1ccc(C#Cc2ccccc2)s1. The molecule has 0 spiro atoms. The number of benzene rings is 1. The van der Waals surface area contributed by atoms with Gasteiger partial charge in [0.1, 0.15) is 5.37 Å². The zero-order chi connectivity index (χ0) is 20.1. The second-order valence-corrected chi connectivity index (χ2v) is 8.54. The zero-order valence-electron chi connectivity index (χ0n) is 14.8. The third-order valence-electron chi connectivity index (χ3n) is 4.07. The van der Waals surface area contributed by atoms with Crippen molar-refractivity contribution in [1.82, 2.24) is 4.90 Å². The largest absolute Gasteiger partial charge is 0.481 e. The average Bonchev–Trinajstić information content (AvgIpc) is 3.24. The molecule has 1 aromatic heterocycles. The molecule has 8 heteroatoms. The fourth-order valence-corrected chi connectivity index (χ4v) is 5.31. The van der Waals surface area contributed by atoms with E-state index in [0.29, 0.717) is 0 Å². The first kappa shape index (κ1) is 20.0. The number of carbonyl (C=O) groups is 3. The topological polar surface area (TPSA) is 101 Å². The van der Waals surface area contributed by atoms with Crippen molar-refractivity contribution in [3.63, 3.8) is 0 Å². The lowest BCUT2D eigenvalue weighted by molar-refractivity contribution is -0.140. The van der Waals surface area contributed by atoms with Gasteiger partial charge in [0.05, 0.1) is 16.5 Å². The van der Waals surface area contributed by atoms with Crippen molar-refractivity contribution in [1.29, 1.82) is 0 Å². The summed E-state index contributed by atoms with van der Waals surface area (Å²) >= 11 is 2.75. The lowest BCUT2D eigenvalue weighted by Crippen LogP contribution is -2.34. The van der Waals surface area contributed by atoms with Crippen LogP contribution in [0.15, 0.2) is 42.5 Å². The Balaban J connectivity index is 1.80. The lowest BCUT2D eigenvalue weighted by atomic mass is 10.2. The maximum atomic E-state index is 12.6. The van der Waals surface area contributed by atoms with E-state index in [2.05, 4.69) is 11.8 Å². The number of aliphatic carboxylic acids is 1. The second-order valence-electron chi connectivity index (χ2n) is 6.14. The minimum absolute atomic E-state index is 0.0363. The molecule has 1 aliphatic heterocycles. The van der Waals surface area contributed by atoms with Crippen molar-refractivity contribution in [2.75, 3.05) is 6.54 Å². The van der Waals surface area contributed by atoms with Gasteiger partial charge in [0.15, 0.2) is 0 Å². The van der Waals surface area contributed by atoms with Crippen LogP contribution in [0.4, 0.5) is 0 Å². The van der Waals surface area contributed by atoms with Crippen LogP contribution in [-0.2, 0) is 14.4 Å². The van der Waals surface area contributed by atoms with Crippen LogP contribution in [0.2, 0.25) is 0 Å². The molecule has 144 valence electrons. The Morgan fingerprint density at radius 1 is 1.14 bits per heavy atom. The standard InChI is InChI=1S/C20H18N2O4S2/c21-17(23)10-11-22-19(26)16(12-18(24)25)28-20(22)15-9-8-14(27-15)7-6-13-4-2-1-3-5-13/h1-5,8-9,16,20H,10-12H2,(H2,21,23)(H,24,25). The Bertz CT molecular complexity index is 946. The van der Waals surface area contributed by atoms with Crippen LogP contribution in [0, 0.1) is 11.8 Å². The van der Waals surface area contributed by atoms with E-state index < -0.39 is 17.1 Å². The molecule has 0 saturated carbocycles. The highest BCUT2D eigenvalue weighted by Crippen LogP contribution is 2.46. The summed E-state index contributed by atoms with van der Waals surface area (Å²) in [6.07, 6.45) is -0.215. The van der Waals surface area contributed by atoms with Gasteiger partial charge in [-0.05, 0) is 24.3 Å². The predicted molar refractivity (Wildman–Crippen MR) is 109 cm³/mol. The summed E-state index contributed by atoms with van der Waals surface area (Å²) in [5.41, 5.74) is 6.13. The van der Waals surface area contributed by atoms with Gasteiger partial charge in [-0.2, -0.15) is 0 Å². The minimum Gasteiger partial charge on any atom is -0.481 e. The first-order valence-electron chi connectivity index (χ1n) is 8.57. The summed E-state index contributed by atoms with van der Waals surface area (Å²) in [6, 6.07) is 13.4. The number of thiophene rings is 1. The van der Waals surface area contributed by atoms with Crippen molar-refractivity contribution >= 4 is 40.9 Å². The summed E-state index contributed by atoms with van der Waals surface area (Å²) in [5.74, 6) is 4.40. The first-order chi connectivity index (χ1) is 13.4. The number of rotatable bonds is 6. The molecule has 3 rings (SSSR count). The number of thioether (sulfide) groups is 1. The normalized spacial score (nSPS) is 18.6. The van der Waals surface area contributed by atoms with Crippen LogP contribution in [0.1, 0.15) is 33.5 Å². The Kier molecular flexibility index (Phi) is 6.39. The van der Waals surface area contributed by atoms with E-state index in [-0.39, 0.29) is 30.7 Å². The summed E-state index contributed by atoms with van der Waals surface area (Å²) in [5, 5.41) is 8.05. The van der Waals surface area contributed by atoms with E-state index in [1.807, 2.05) is 42.5 Å². The molecule has 1 aromatic carbocycles. The van der Waals surface area contributed by atoms with E-state index >= 15 is 0 Å². The van der Waals surface area contributed by atoms with Crippen molar-refractivity contribution in [2.45, 2.75) is 23.5 Å². The Hall–Kier alpha value is -2.76. The Morgan fingerprint density at radius 2 is 1.89 bits per heavy atom. The summed E-state index contributed by atoms with van der Waals surface area (Å²) in [7, 11) is 0. The van der Waals surface area contributed by atoms with Gasteiger partial charge in [-0.25, -0.2) is 0 Å². The Labute approximate surface area is 170 Å². The van der Waals surface area contributed by atoms with Crippen molar-refractivity contribution in [3.05, 3.63) is 57.8 Å². The first-order valence-corrected chi connectivity index (χ1v) is 10.3. The molecular weight excluding hydrogens is 396 g/mol. The molecule has 1 aliphatic rings. The molecule has 2 atom stereocenters. The molecule has 2 aromatic rings. The third kappa shape index (κ3) is 4.94. The van der Waals surface area contributed by atoms with Gasteiger partial charge in [0, 0.05) is 23.4 Å². The number of carboxylic acids is 1. The number of carbonyl (C=O) groups excluding carboxylic acids is 2. The van der Waals surface area contributed by atoms with Gasteiger partial charge in [0.2, 0.25) is 11.8 Å². The molecule has 2 amide bonds. The van der Waals surface area contributed by atoms with Gasteiger partial charge in [-0.3, -0.25) is 14.4 Å². The fourth-order valence-electron chi connectivity index (χ4n) is 2.77.